The van der Waals surface area contributed by atoms with Crippen LogP contribution in [0.1, 0.15) is 11.6 Å². The van der Waals surface area contributed by atoms with Gasteiger partial charge in [-0.15, -0.1) is 0 Å². The highest BCUT2D eigenvalue weighted by Gasteiger charge is 2.39. The molecule has 1 fully saturated rings. The molecule has 2 aliphatic heterocycles. The average molecular weight is 368 g/mol. The second-order valence-corrected chi connectivity index (χ2v) is 8.39. The van der Waals surface area contributed by atoms with E-state index >= 15 is 0 Å². The zero-order valence-corrected chi connectivity index (χ0v) is 14.6. The Morgan fingerprint density at radius 3 is 2.69 bits per heavy atom. The first-order valence-corrected chi connectivity index (χ1v) is 9.80. The van der Waals surface area contributed by atoms with E-state index in [9.17, 15) is 8.42 Å². The van der Waals surface area contributed by atoms with Gasteiger partial charge in [0, 0.05) is 36.7 Å². The van der Waals surface area contributed by atoms with Crippen LogP contribution in [0.4, 0.5) is 0 Å². The van der Waals surface area contributed by atoms with Crippen LogP contribution in [0.15, 0.2) is 59.6 Å². The summed E-state index contributed by atoms with van der Waals surface area (Å²) >= 11 is 0. The predicted molar refractivity (Wildman–Crippen MR) is 95.8 cm³/mol. The minimum Gasteiger partial charge on any atom is -0.454 e. The molecule has 2 aliphatic rings. The number of aromatic nitrogens is 1. The lowest BCUT2D eigenvalue weighted by molar-refractivity contribution is 0.174. The number of ether oxygens (including phenoxy) is 2. The Balaban J connectivity index is 1.40. The normalized spacial score (nSPS) is 17.4. The summed E-state index contributed by atoms with van der Waals surface area (Å²) in [6.45, 7) is 0.979. The highest BCUT2D eigenvalue weighted by atomic mass is 32.2. The number of benzene rings is 2. The van der Waals surface area contributed by atoms with Gasteiger partial charge in [0.05, 0.1) is 10.6 Å². The molecule has 5 rings (SSSR count). The number of hydrogen-bond donors (Lipinski definition) is 0. The molecular formula is C19H16N2O4S. The Hall–Kier alpha value is -2.64. The van der Waals surface area contributed by atoms with Crippen molar-refractivity contribution < 1.29 is 17.9 Å². The molecule has 0 radical (unpaired) electrons. The van der Waals surface area contributed by atoms with E-state index in [-0.39, 0.29) is 17.6 Å². The lowest BCUT2D eigenvalue weighted by Gasteiger charge is -2.38. The van der Waals surface area contributed by atoms with E-state index in [0.717, 1.165) is 16.5 Å². The van der Waals surface area contributed by atoms with Crippen molar-refractivity contribution >= 4 is 20.8 Å². The van der Waals surface area contributed by atoms with Gasteiger partial charge in [0.15, 0.2) is 11.5 Å². The third kappa shape index (κ3) is 2.35. The van der Waals surface area contributed by atoms with Crippen molar-refractivity contribution in [2.75, 3.05) is 19.9 Å². The summed E-state index contributed by atoms with van der Waals surface area (Å²) in [5, 5.41) is 2.20. The number of hydrogen-bond acceptors (Lipinski definition) is 5. The Morgan fingerprint density at radius 2 is 1.81 bits per heavy atom. The number of rotatable bonds is 3. The van der Waals surface area contributed by atoms with E-state index in [1.54, 1.807) is 18.3 Å². The van der Waals surface area contributed by atoms with Crippen LogP contribution in [0.2, 0.25) is 0 Å². The highest BCUT2D eigenvalue weighted by molar-refractivity contribution is 7.89. The quantitative estimate of drug-likeness (QED) is 0.711. The molecule has 2 aromatic carbocycles. The monoisotopic (exact) mass is 368 g/mol. The standard InChI is InChI=1S/C19H16N2O4S/c22-26(23,15-5-6-17-18(9-15)25-12-24-17)21-10-14(11-21)19-16-4-2-1-3-13(16)7-8-20-19/h1-9,14H,10-12H2. The molecule has 0 saturated carbocycles. The SMILES string of the molecule is O=S(=O)(c1ccc2c(c1)OCO2)N1CC(c2nccc3ccccc23)C1. The van der Waals surface area contributed by atoms with Crippen molar-refractivity contribution in [2.24, 2.45) is 0 Å². The zero-order valence-electron chi connectivity index (χ0n) is 13.8. The molecule has 0 N–H and O–H groups in total. The van der Waals surface area contributed by atoms with E-state index < -0.39 is 10.0 Å². The first-order chi connectivity index (χ1) is 12.6. The fourth-order valence-electron chi connectivity index (χ4n) is 3.46. The predicted octanol–water partition coefficient (Wildman–Crippen LogP) is 2.75. The molecule has 3 heterocycles. The van der Waals surface area contributed by atoms with Crippen LogP contribution in [0.5, 0.6) is 11.5 Å². The van der Waals surface area contributed by atoms with Gasteiger partial charge >= 0.3 is 0 Å². The van der Waals surface area contributed by atoms with Crippen LogP contribution in [0.25, 0.3) is 10.8 Å². The van der Waals surface area contributed by atoms with Gasteiger partial charge in [-0.2, -0.15) is 4.31 Å². The van der Waals surface area contributed by atoms with Crippen molar-refractivity contribution in [3.63, 3.8) is 0 Å². The van der Waals surface area contributed by atoms with E-state index in [1.165, 1.54) is 10.4 Å². The van der Waals surface area contributed by atoms with Gasteiger partial charge in [-0.05, 0) is 23.6 Å². The summed E-state index contributed by atoms with van der Waals surface area (Å²) < 4.78 is 37.7. The molecule has 0 atom stereocenters. The first kappa shape index (κ1) is 15.6. The van der Waals surface area contributed by atoms with Crippen LogP contribution in [0, 0.1) is 0 Å². The summed E-state index contributed by atoms with van der Waals surface area (Å²) in [6, 6.07) is 14.7. The largest absolute Gasteiger partial charge is 0.454 e. The summed E-state index contributed by atoms with van der Waals surface area (Å²) in [6.07, 6.45) is 1.78. The molecule has 6 nitrogen and oxygen atoms in total. The van der Waals surface area contributed by atoms with Gasteiger partial charge in [0.1, 0.15) is 0 Å². The Kier molecular flexibility index (Phi) is 3.41. The Morgan fingerprint density at radius 1 is 1.00 bits per heavy atom. The highest BCUT2D eigenvalue weighted by Crippen LogP contribution is 2.38. The maximum Gasteiger partial charge on any atom is 0.243 e. The number of nitrogens with zero attached hydrogens (tertiary/aromatic N) is 2. The lowest BCUT2D eigenvalue weighted by Crippen LogP contribution is -2.48. The molecule has 0 aliphatic carbocycles. The summed E-state index contributed by atoms with van der Waals surface area (Å²) in [7, 11) is -3.55. The third-order valence-corrected chi connectivity index (χ3v) is 6.75. The van der Waals surface area contributed by atoms with Crippen LogP contribution in [-0.4, -0.2) is 37.6 Å². The molecule has 7 heteroatoms. The smallest absolute Gasteiger partial charge is 0.243 e. The molecule has 1 aromatic heterocycles. The van der Waals surface area contributed by atoms with Crippen molar-refractivity contribution in [3.8, 4) is 11.5 Å². The third-order valence-electron chi connectivity index (χ3n) is 4.92. The fourth-order valence-corrected chi connectivity index (χ4v) is 5.01. The fraction of sp³-hybridized carbons (Fsp3) is 0.211. The van der Waals surface area contributed by atoms with Gasteiger partial charge < -0.3 is 9.47 Å². The molecule has 26 heavy (non-hydrogen) atoms. The minimum atomic E-state index is -3.55. The van der Waals surface area contributed by atoms with Gasteiger partial charge in [-0.1, -0.05) is 24.3 Å². The van der Waals surface area contributed by atoms with E-state index in [2.05, 4.69) is 4.98 Å². The van der Waals surface area contributed by atoms with Crippen LogP contribution < -0.4 is 9.47 Å². The summed E-state index contributed by atoms with van der Waals surface area (Å²) in [5.41, 5.74) is 0.959. The van der Waals surface area contributed by atoms with Gasteiger partial charge in [0.2, 0.25) is 16.8 Å². The van der Waals surface area contributed by atoms with Gasteiger partial charge in [-0.25, -0.2) is 8.42 Å². The molecule has 0 bridgehead atoms. The molecule has 1 saturated heterocycles. The van der Waals surface area contributed by atoms with Crippen molar-refractivity contribution in [3.05, 3.63) is 60.4 Å². The van der Waals surface area contributed by atoms with Crippen LogP contribution >= 0.6 is 0 Å². The van der Waals surface area contributed by atoms with Gasteiger partial charge in [0.25, 0.3) is 0 Å². The van der Waals surface area contributed by atoms with Crippen molar-refractivity contribution in [1.82, 2.24) is 9.29 Å². The van der Waals surface area contributed by atoms with Crippen LogP contribution in [0.3, 0.4) is 0 Å². The molecule has 0 amide bonds. The van der Waals surface area contributed by atoms with E-state index in [1.807, 2.05) is 30.3 Å². The lowest BCUT2D eigenvalue weighted by atomic mass is 9.94. The van der Waals surface area contributed by atoms with Crippen LogP contribution in [-0.2, 0) is 10.0 Å². The Bertz CT molecular complexity index is 1100. The van der Waals surface area contributed by atoms with E-state index in [4.69, 9.17) is 9.47 Å². The van der Waals surface area contributed by atoms with Crippen molar-refractivity contribution in [2.45, 2.75) is 10.8 Å². The number of sulfonamides is 1. The summed E-state index contributed by atoms with van der Waals surface area (Å²) in [4.78, 5) is 4.74. The molecule has 0 spiro atoms. The molecule has 0 unspecified atom stereocenters. The maximum atomic E-state index is 12.9. The first-order valence-electron chi connectivity index (χ1n) is 8.36. The molecular weight excluding hydrogens is 352 g/mol. The zero-order chi connectivity index (χ0) is 17.7. The second kappa shape index (κ2) is 5.69. The average Bonchev–Trinajstić information content (AvgIpc) is 3.08. The van der Waals surface area contributed by atoms with Crippen molar-refractivity contribution in [1.29, 1.82) is 0 Å². The topological polar surface area (TPSA) is 68.7 Å². The minimum absolute atomic E-state index is 0.102. The second-order valence-electron chi connectivity index (χ2n) is 6.45. The summed E-state index contributed by atoms with van der Waals surface area (Å²) in [5.74, 6) is 1.15. The van der Waals surface area contributed by atoms with Gasteiger partial charge in [-0.3, -0.25) is 4.98 Å². The number of pyridine rings is 1. The molecule has 132 valence electrons. The number of fused-ring (bicyclic) bond motifs is 2. The molecule has 3 aromatic rings. The van der Waals surface area contributed by atoms with E-state index in [0.29, 0.717) is 24.6 Å². The Labute approximate surface area is 151 Å². The maximum absolute atomic E-state index is 12.9.